The number of nitrogens with zero attached hydrogens (tertiary/aromatic N) is 2. The fraction of sp³-hybridized carbons (Fsp3) is 0.214. The first kappa shape index (κ1) is 14.5. The SMILES string of the molecule is CCN(CC(=O)O)C(=O)/C=C/c1cccc(C#N)c1. The summed E-state index contributed by atoms with van der Waals surface area (Å²) >= 11 is 0. The van der Waals surface area contributed by atoms with Crippen molar-refractivity contribution >= 4 is 18.0 Å². The summed E-state index contributed by atoms with van der Waals surface area (Å²) in [4.78, 5) is 23.5. The molecule has 0 aliphatic rings. The van der Waals surface area contributed by atoms with Gasteiger partial charge in [-0.3, -0.25) is 9.59 Å². The highest BCUT2D eigenvalue weighted by Gasteiger charge is 2.11. The molecule has 0 heterocycles. The third-order valence-corrected chi connectivity index (χ3v) is 2.45. The highest BCUT2D eigenvalue weighted by Crippen LogP contribution is 2.06. The minimum Gasteiger partial charge on any atom is -0.480 e. The van der Waals surface area contributed by atoms with Gasteiger partial charge >= 0.3 is 5.97 Å². The summed E-state index contributed by atoms with van der Waals surface area (Å²) in [5.74, 6) is -1.41. The van der Waals surface area contributed by atoms with Gasteiger partial charge in [-0.25, -0.2) is 0 Å². The van der Waals surface area contributed by atoms with E-state index < -0.39 is 5.97 Å². The average molecular weight is 258 g/mol. The molecule has 1 aromatic carbocycles. The Morgan fingerprint density at radius 1 is 1.47 bits per heavy atom. The molecule has 5 nitrogen and oxygen atoms in total. The van der Waals surface area contributed by atoms with E-state index in [1.807, 2.05) is 6.07 Å². The van der Waals surface area contributed by atoms with Crippen molar-refractivity contribution in [1.29, 1.82) is 5.26 Å². The summed E-state index contributed by atoms with van der Waals surface area (Å²) in [6, 6.07) is 8.81. The lowest BCUT2D eigenvalue weighted by Gasteiger charge is -2.15. The lowest BCUT2D eigenvalue weighted by Crippen LogP contribution is -2.34. The second-order valence-electron chi connectivity index (χ2n) is 3.82. The summed E-state index contributed by atoms with van der Waals surface area (Å²) in [5, 5.41) is 17.4. The van der Waals surface area contributed by atoms with Crippen molar-refractivity contribution in [3.8, 4) is 6.07 Å². The molecular weight excluding hydrogens is 244 g/mol. The first-order valence-electron chi connectivity index (χ1n) is 5.75. The van der Waals surface area contributed by atoms with E-state index in [0.717, 1.165) is 5.56 Å². The zero-order valence-corrected chi connectivity index (χ0v) is 10.5. The summed E-state index contributed by atoms with van der Waals surface area (Å²) in [5.41, 5.74) is 1.23. The number of aliphatic carboxylic acids is 1. The number of carbonyl (C=O) groups is 2. The van der Waals surface area contributed by atoms with E-state index in [1.54, 1.807) is 37.3 Å². The van der Waals surface area contributed by atoms with Gasteiger partial charge in [0.05, 0.1) is 11.6 Å². The average Bonchev–Trinajstić information content (AvgIpc) is 2.42. The topological polar surface area (TPSA) is 81.4 Å². The van der Waals surface area contributed by atoms with Crippen molar-refractivity contribution in [2.24, 2.45) is 0 Å². The molecule has 0 unspecified atom stereocenters. The van der Waals surface area contributed by atoms with Crippen LogP contribution in [0.25, 0.3) is 6.08 Å². The number of nitriles is 1. The molecule has 0 saturated carbocycles. The molecule has 0 bridgehead atoms. The number of hydrogen-bond donors (Lipinski definition) is 1. The van der Waals surface area contributed by atoms with Crippen molar-refractivity contribution < 1.29 is 14.7 Å². The van der Waals surface area contributed by atoms with Crippen LogP contribution in [0.15, 0.2) is 30.3 Å². The van der Waals surface area contributed by atoms with E-state index in [4.69, 9.17) is 10.4 Å². The van der Waals surface area contributed by atoms with E-state index in [2.05, 4.69) is 0 Å². The summed E-state index contributed by atoms with van der Waals surface area (Å²) in [7, 11) is 0. The third-order valence-electron chi connectivity index (χ3n) is 2.45. The predicted molar refractivity (Wildman–Crippen MR) is 70.1 cm³/mol. The van der Waals surface area contributed by atoms with Crippen LogP contribution in [0.5, 0.6) is 0 Å². The van der Waals surface area contributed by atoms with Gasteiger partial charge in [0.2, 0.25) is 5.91 Å². The van der Waals surface area contributed by atoms with Crippen LogP contribution in [0.2, 0.25) is 0 Å². The lowest BCUT2D eigenvalue weighted by atomic mass is 10.1. The van der Waals surface area contributed by atoms with Crippen molar-refractivity contribution in [3.63, 3.8) is 0 Å². The zero-order valence-electron chi connectivity index (χ0n) is 10.5. The molecule has 19 heavy (non-hydrogen) atoms. The molecule has 1 rings (SSSR count). The van der Waals surface area contributed by atoms with E-state index in [0.29, 0.717) is 12.1 Å². The first-order chi connectivity index (χ1) is 9.06. The Kier molecular flexibility index (Phi) is 5.30. The normalized spacial score (nSPS) is 10.1. The van der Waals surface area contributed by atoms with Crippen molar-refractivity contribution in [3.05, 3.63) is 41.5 Å². The van der Waals surface area contributed by atoms with Gasteiger partial charge in [0.15, 0.2) is 0 Å². The Hall–Kier alpha value is -2.61. The fourth-order valence-corrected chi connectivity index (χ4v) is 1.49. The van der Waals surface area contributed by atoms with Crippen LogP contribution in [-0.2, 0) is 9.59 Å². The second-order valence-corrected chi connectivity index (χ2v) is 3.82. The smallest absolute Gasteiger partial charge is 0.323 e. The van der Waals surface area contributed by atoms with Gasteiger partial charge in [0.25, 0.3) is 0 Å². The highest BCUT2D eigenvalue weighted by atomic mass is 16.4. The molecule has 1 amide bonds. The second kappa shape index (κ2) is 6.97. The predicted octanol–water partition coefficient (Wildman–Crippen LogP) is 1.50. The lowest BCUT2D eigenvalue weighted by molar-refractivity contribution is -0.142. The monoisotopic (exact) mass is 258 g/mol. The van der Waals surface area contributed by atoms with Gasteiger partial charge in [0.1, 0.15) is 6.54 Å². The molecule has 0 radical (unpaired) electrons. The van der Waals surface area contributed by atoms with Crippen LogP contribution in [0.4, 0.5) is 0 Å². The fourth-order valence-electron chi connectivity index (χ4n) is 1.49. The first-order valence-corrected chi connectivity index (χ1v) is 5.75. The number of amides is 1. The standard InChI is InChI=1S/C14H14N2O3/c1-2-16(10-14(18)19)13(17)7-6-11-4-3-5-12(8-11)9-15/h3-8H,2,10H2,1H3,(H,18,19)/b7-6+. The van der Waals surface area contributed by atoms with Gasteiger partial charge in [0, 0.05) is 12.6 Å². The molecule has 98 valence electrons. The molecule has 5 heteroatoms. The Bertz CT molecular complexity index is 544. The maximum Gasteiger partial charge on any atom is 0.323 e. The highest BCUT2D eigenvalue weighted by molar-refractivity contribution is 5.93. The van der Waals surface area contributed by atoms with Crippen LogP contribution in [-0.4, -0.2) is 35.0 Å². The number of hydrogen-bond acceptors (Lipinski definition) is 3. The van der Waals surface area contributed by atoms with Crippen molar-refractivity contribution in [1.82, 2.24) is 4.90 Å². The number of carboxylic acid groups (broad SMARTS) is 1. The van der Waals surface area contributed by atoms with Crippen molar-refractivity contribution in [2.75, 3.05) is 13.1 Å². The number of rotatable bonds is 5. The van der Waals surface area contributed by atoms with Crippen LogP contribution < -0.4 is 0 Å². The van der Waals surface area contributed by atoms with E-state index in [1.165, 1.54) is 11.0 Å². The Morgan fingerprint density at radius 3 is 2.79 bits per heavy atom. The van der Waals surface area contributed by atoms with Gasteiger partial charge < -0.3 is 10.0 Å². The number of likely N-dealkylation sites (N-methyl/N-ethyl adjacent to an activating group) is 1. The Labute approximate surface area is 111 Å². The molecule has 0 saturated heterocycles. The largest absolute Gasteiger partial charge is 0.480 e. The van der Waals surface area contributed by atoms with E-state index in [9.17, 15) is 9.59 Å². The quantitative estimate of drug-likeness (QED) is 0.811. The Morgan fingerprint density at radius 2 is 2.21 bits per heavy atom. The molecule has 0 fully saturated rings. The minimum absolute atomic E-state index is 0.322. The zero-order chi connectivity index (χ0) is 14.3. The van der Waals surface area contributed by atoms with Crippen LogP contribution in [0.3, 0.4) is 0 Å². The minimum atomic E-state index is -1.05. The summed E-state index contributed by atoms with van der Waals surface area (Å²) < 4.78 is 0. The maximum absolute atomic E-state index is 11.7. The van der Waals surface area contributed by atoms with Crippen molar-refractivity contribution in [2.45, 2.75) is 6.92 Å². The van der Waals surface area contributed by atoms with Crippen LogP contribution in [0, 0.1) is 11.3 Å². The van der Waals surface area contributed by atoms with E-state index >= 15 is 0 Å². The van der Waals surface area contributed by atoms with Crippen LogP contribution >= 0.6 is 0 Å². The molecular formula is C14H14N2O3. The molecule has 0 aliphatic heterocycles. The van der Waals surface area contributed by atoms with E-state index in [-0.39, 0.29) is 12.5 Å². The molecule has 0 aliphatic carbocycles. The third kappa shape index (κ3) is 4.64. The molecule has 1 N–H and O–H groups in total. The van der Waals surface area contributed by atoms with Gasteiger partial charge in [-0.05, 0) is 30.7 Å². The summed E-state index contributed by atoms with van der Waals surface area (Å²) in [6.45, 7) is 1.72. The number of carboxylic acids is 1. The van der Waals surface area contributed by atoms with Gasteiger partial charge in [-0.1, -0.05) is 12.1 Å². The molecule has 1 aromatic rings. The molecule has 0 atom stereocenters. The molecule has 0 aromatic heterocycles. The number of carbonyl (C=O) groups excluding carboxylic acids is 1. The Balaban J connectivity index is 2.77. The summed E-state index contributed by atoms with van der Waals surface area (Å²) in [6.07, 6.45) is 2.87. The number of benzene rings is 1. The van der Waals surface area contributed by atoms with Crippen LogP contribution in [0.1, 0.15) is 18.1 Å². The maximum atomic E-state index is 11.7. The van der Waals surface area contributed by atoms with Gasteiger partial charge in [-0.15, -0.1) is 0 Å². The molecule has 0 spiro atoms. The van der Waals surface area contributed by atoms with Gasteiger partial charge in [-0.2, -0.15) is 5.26 Å².